The summed E-state index contributed by atoms with van der Waals surface area (Å²) < 4.78 is 5.24. The summed E-state index contributed by atoms with van der Waals surface area (Å²) in [5, 5.41) is 9.83. The van der Waals surface area contributed by atoms with E-state index in [9.17, 15) is 9.59 Å². The Kier molecular flexibility index (Phi) is 5.11. The number of carbonyl (C=O) groups excluding carboxylic acids is 1. The minimum absolute atomic E-state index is 0.0644. The Balaban J connectivity index is 1.79. The molecule has 0 aromatic heterocycles. The van der Waals surface area contributed by atoms with Crippen molar-refractivity contribution in [3.8, 4) is 0 Å². The molecule has 0 bridgehead atoms. The van der Waals surface area contributed by atoms with E-state index in [0.29, 0.717) is 18.0 Å². The lowest BCUT2D eigenvalue weighted by atomic mass is 9.78. The molecule has 3 rings (SSSR count). The molecule has 1 saturated carbocycles. The van der Waals surface area contributed by atoms with Gasteiger partial charge in [-0.3, -0.25) is 4.79 Å². The minimum atomic E-state index is -1.01. The highest BCUT2D eigenvalue weighted by molar-refractivity contribution is 6.30. The first-order chi connectivity index (χ1) is 11.5. The van der Waals surface area contributed by atoms with E-state index >= 15 is 0 Å². The molecule has 2 aliphatic rings. The van der Waals surface area contributed by atoms with Crippen molar-refractivity contribution < 1.29 is 19.4 Å². The molecular weight excluding hydrogens is 330 g/mol. The fraction of sp³-hybridized carbons (Fsp3) is 0.556. The Morgan fingerprint density at radius 3 is 2.75 bits per heavy atom. The summed E-state index contributed by atoms with van der Waals surface area (Å²) >= 11 is 6.08. The Morgan fingerprint density at radius 1 is 1.33 bits per heavy atom. The predicted molar refractivity (Wildman–Crippen MR) is 90.0 cm³/mol. The number of hydrogen-bond acceptors (Lipinski definition) is 3. The Labute approximate surface area is 146 Å². The van der Waals surface area contributed by atoms with Crippen LogP contribution in [0.2, 0.25) is 5.02 Å². The lowest BCUT2D eigenvalue weighted by Crippen LogP contribution is -2.53. The molecule has 130 valence electrons. The average Bonchev–Trinajstić information content (AvgIpc) is 3.04. The van der Waals surface area contributed by atoms with Crippen molar-refractivity contribution in [1.82, 2.24) is 4.90 Å². The molecule has 1 atom stereocenters. The second-order valence-electron chi connectivity index (χ2n) is 6.74. The summed E-state index contributed by atoms with van der Waals surface area (Å²) in [7, 11) is 0. The molecule has 1 saturated heterocycles. The van der Waals surface area contributed by atoms with Gasteiger partial charge in [0.05, 0.1) is 18.6 Å². The van der Waals surface area contributed by atoms with Crippen LogP contribution in [0.25, 0.3) is 0 Å². The van der Waals surface area contributed by atoms with Crippen LogP contribution < -0.4 is 0 Å². The van der Waals surface area contributed by atoms with Crippen molar-refractivity contribution in [1.29, 1.82) is 0 Å². The van der Waals surface area contributed by atoms with Gasteiger partial charge >= 0.3 is 5.97 Å². The molecule has 0 spiro atoms. The molecule has 1 N–H and O–H groups in total. The average molecular weight is 352 g/mol. The van der Waals surface area contributed by atoms with E-state index in [1.807, 2.05) is 24.3 Å². The highest BCUT2D eigenvalue weighted by Crippen LogP contribution is 2.43. The van der Waals surface area contributed by atoms with Gasteiger partial charge in [-0.25, -0.2) is 4.79 Å². The van der Waals surface area contributed by atoms with Gasteiger partial charge in [0.15, 0.2) is 6.10 Å². The van der Waals surface area contributed by atoms with Gasteiger partial charge in [0.25, 0.3) is 0 Å². The number of morpholine rings is 1. The second kappa shape index (κ2) is 7.11. The van der Waals surface area contributed by atoms with Crippen LogP contribution >= 0.6 is 11.6 Å². The van der Waals surface area contributed by atoms with Crippen molar-refractivity contribution in [3.63, 3.8) is 0 Å². The number of rotatable bonds is 4. The maximum Gasteiger partial charge on any atom is 0.334 e. The largest absolute Gasteiger partial charge is 0.479 e. The lowest BCUT2D eigenvalue weighted by molar-refractivity contribution is -0.162. The van der Waals surface area contributed by atoms with Gasteiger partial charge in [-0.1, -0.05) is 36.6 Å². The maximum absolute atomic E-state index is 13.2. The molecular formula is C18H22ClNO4. The van der Waals surface area contributed by atoms with Gasteiger partial charge < -0.3 is 14.7 Å². The molecule has 1 amide bonds. The van der Waals surface area contributed by atoms with E-state index in [-0.39, 0.29) is 19.1 Å². The summed E-state index contributed by atoms with van der Waals surface area (Å²) in [6, 6.07) is 7.64. The molecule has 0 radical (unpaired) electrons. The predicted octanol–water partition coefficient (Wildman–Crippen LogP) is 2.75. The van der Waals surface area contributed by atoms with Crippen molar-refractivity contribution >= 4 is 23.5 Å². The maximum atomic E-state index is 13.2. The topological polar surface area (TPSA) is 66.8 Å². The van der Waals surface area contributed by atoms with E-state index in [0.717, 1.165) is 31.2 Å². The van der Waals surface area contributed by atoms with E-state index in [1.165, 1.54) is 0 Å². The smallest absolute Gasteiger partial charge is 0.334 e. The lowest BCUT2D eigenvalue weighted by Gasteiger charge is -2.38. The SMILES string of the molecule is O=C(O)C1CN(C(=O)C2(Cc3cccc(Cl)c3)CCCC2)CCO1. The number of aliphatic carboxylic acids is 1. The zero-order chi connectivity index (χ0) is 17.2. The molecule has 1 aromatic carbocycles. The number of nitrogens with zero attached hydrogens (tertiary/aromatic N) is 1. The van der Waals surface area contributed by atoms with Gasteiger partial charge in [0.1, 0.15) is 0 Å². The molecule has 1 unspecified atom stereocenters. The molecule has 1 heterocycles. The molecule has 2 fully saturated rings. The van der Waals surface area contributed by atoms with Gasteiger partial charge in [0.2, 0.25) is 5.91 Å². The standard InChI is InChI=1S/C18H22ClNO4/c19-14-5-3-4-13(10-14)11-18(6-1-2-7-18)17(23)20-8-9-24-15(12-20)16(21)22/h3-5,10,15H,1-2,6-9,11-12H2,(H,21,22). The van der Waals surface area contributed by atoms with E-state index in [2.05, 4.69) is 0 Å². The summed E-state index contributed by atoms with van der Waals surface area (Å²) in [6.07, 6.45) is 3.47. The van der Waals surface area contributed by atoms with Crippen LogP contribution in [0.4, 0.5) is 0 Å². The third-order valence-electron chi connectivity index (χ3n) is 5.07. The Morgan fingerprint density at radius 2 is 2.08 bits per heavy atom. The van der Waals surface area contributed by atoms with Crippen LogP contribution in [-0.4, -0.2) is 47.7 Å². The summed E-state index contributed by atoms with van der Waals surface area (Å²) in [6.45, 7) is 0.862. The molecule has 5 nitrogen and oxygen atoms in total. The molecule has 1 aromatic rings. The number of benzene rings is 1. The normalized spacial score (nSPS) is 23.2. The van der Waals surface area contributed by atoms with Crippen LogP contribution in [0.15, 0.2) is 24.3 Å². The van der Waals surface area contributed by atoms with Gasteiger partial charge in [-0.15, -0.1) is 0 Å². The first-order valence-corrected chi connectivity index (χ1v) is 8.76. The van der Waals surface area contributed by atoms with Gasteiger partial charge in [0, 0.05) is 11.6 Å². The quantitative estimate of drug-likeness (QED) is 0.905. The fourth-order valence-electron chi connectivity index (χ4n) is 3.87. The van der Waals surface area contributed by atoms with Crippen LogP contribution in [-0.2, 0) is 20.7 Å². The third kappa shape index (κ3) is 3.57. The molecule has 1 aliphatic carbocycles. The van der Waals surface area contributed by atoms with Crippen molar-refractivity contribution in [2.24, 2.45) is 5.41 Å². The van der Waals surface area contributed by atoms with E-state index < -0.39 is 17.5 Å². The molecule has 6 heteroatoms. The highest BCUT2D eigenvalue weighted by atomic mass is 35.5. The van der Waals surface area contributed by atoms with Crippen LogP contribution in [0.3, 0.4) is 0 Å². The van der Waals surface area contributed by atoms with Crippen molar-refractivity contribution in [2.75, 3.05) is 19.7 Å². The second-order valence-corrected chi connectivity index (χ2v) is 7.18. The number of hydrogen-bond donors (Lipinski definition) is 1. The number of amides is 1. The highest BCUT2D eigenvalue weighted by Gasteiger charge is 2.45. The van der Waals surface area contributed by atoms with Crippen LogP contribution in [0.1, 0.15) is 31.2 Å². The number of carboxylic acids is 1. The number of ether oxygens (including phenoxy) is 1. The van der Waals surface area contributed by atoms with Crippen LogP contribution in [0, 0.1) is 5.41 Å². The third-order valence-corrected chi connectivity index (χ3v) is 5.31. The van der Waals surface area contributed by atoms with Gasteiger partial charge in [-0.05, 0) is 37.0 Å². The zero-order valence-corrected chi connectivity index (χ0v) is 14.3. The first kappa shape index (κ1) is 17.2. The first-order valence-electron chi connectivity index (χ1n) is 8.38. The van der Waals surface area contributed by atoms with Crippen LogP contribution in [0.5, 0.6) is 0 Å². The summed E-state index contributed by atoms with van der Waals surface area (Å²) in [4.78, 5) is 26.1. The number of carbonyl (C=O) groups is 2. The monoisotopic (exact) mass is 351 g/mol. The zero-order valence-electron chi connectivity index (χ0n) is 13.5. The van der Waals surface area contributed by atoms with E-state index in [4.69, 9.17) is 21.4 Å². The number of halogens is 1. The van der Waals surface area contributed by atoms with Gasteiger partial charge in [-0.2, -0.15) is 0 Å². The van der Waals surface area contributed by atoms with E-state index in [1.54, 1.807) is 4.90 Å². The van der Waals surface area contributed by atoms with Crippen molar-refractivity contribution in [2.45, 2.75) is 38.2 Å². The van der Waals surface area contributed by atoms with Crippen molar-refractivity contribution in [3.05, 3.63) is 34.9 Å². The Hall–Kier alpha value is -1.59. The molecule has 24 heavy (non-hydrogen) atoms. The summed E-state index contributed by atoms with van der Waals surface area (Å²) in [5.41, 5.74) is 0.617. The Bertz CT molecular complexity index is 627. The molecule has 1 aliphatic heterocycles. The summed E-state index contributed by atoms with van der Waals surface area (Å²) in [5.74, 6) is -0.947. The minimum Gasteiger partial charge on any atom is -0.479 e. The number of carboxylic acid groups (broad SMARTS) is 1. The fourth-order valence-corrected chi connectivity index (χ4v) is 4.09.